The highest BCUT2D eigenvalue weighted by atomic mass is 16.6. The second-order valence-electron chi connectivity index (χ2n) is 3.04. The summed E-state index contributed by atoms with van der Waals surface area (Å²) in [6.07, 6.45) is 2.37. The summed E-state index contributed by atoms with van der Waals surface area (Å²) in [5.41, 5.74) is 1.29. The number of allylic oxidation sites excluding steroid dienone is 1. The number of hydrogen-bond acceptors (Lipinski definition) is 4. The molecule has 1 unspecified atom stereocenters. The number of rotatable bonds is 6. The quantitative estimate of drug-likeness (QED) is 0.561. The van der Waals surface area contributed by atoms with Crippen molar-refractivity contribution in [2.45, 2.75) is 19.4 Å². The van der Waals surface area contributed by atoms with Gasteiger partial charge in [-0.15, -0.1) is 6.58 Å². The van der Waals surface area contributed by atoms with Crippen molar-refractivity contribution in [1.82, 2.24) is 9.55 Å². The first kappa shape index (κ1) is 11.9. The van der Waals surface area contributed by atoms with Crippen LogP contribution >= 0.6 is 0 Å². The molecule has 0 spiro atoms. The Balaban J connectivity index is 3.01. The van der Waals surface area contributed by atoms with Crippen molar-refractivity contribution in [2.75, 3.05) is 14.2 Å². The van der Waals surface area contributed by atoms with Gasteiger partial charge in [-0.3, -0.25) is 0 Å². The van der Waals surface area contributed by atoms with E-state index in [1.165, 1.54) is 7.11 Å². The number of aliphatic hydroxyl groups is 1. The van der Waals surface area contributed by atoms with Crippen molar-refractivity contribution in [3.05, 3.63) is 30.4 Å². The molecule has 0 bridgehead atoms. The van der Waals surface area contributed by atoms with Crippen LogP contribution < -0.4 is 0 Å². The zero-order valence-electron chi connectivity index (χ0n) is 9.01. The Kier molecular flexibility index (Phi) is 4.48. The molecule has 1 heterocycles. The maximum atomic E-state index is 9.66. The lowest BCUT2D eigenvalue weighted by molar-refractivity contribution is -0.0830. The van der Waals surface area contributed by atoms with Gasteiger partial charge in [0.25, 0.3) is 0 Å². The van der Waals surface area contributed by atoms with Gasteiger partial charge in [0.05, 0.1) is 24.3 Å². The summed E-state index contributed by atoms with van der Waals surface area (Å²) >= 11 is 0. The van der Waals surface area contributed by atoms with Gasteiger partial charge in [-0.25, -0.2) is 4.98 Å². The second kappa shape index (κ2) is 5.65. The highest BCUT2D eigenvalue weighted by Crippen LogP contribution is 2.18. The molecule has 84 valence electrons. The Morgan fingerprint density at radius 1 is 1.67 bits per heavy atom. The van der Waals surface area contributed by atoms with Crippen LogP contribution in [0.5, 0.6) is 0 Å². The summed E-state index contributed by atoms with van der Waals surface area (Å²) < 4.78 is 11.6. The van der Waals surface area contributed by atoms with E-state index in [-0.39, 0.29) is 0 Å². The van der Waals surface area contributed by atoms with Crippen molar-refractivity contribution >= 4 is 0 Å². The van der Waals surface area contributed by atoms with Gasteiger partial charge in [-0.2, -0.15) is 0 Å². The Morgan fingerprint density at radius 2 is 2.40 bits per heavy atom. The molecule has 1 atom stereocenters. The summed E-state index contributed by atoms with van der Waals surface area (Å²) in [4.78, 5) is 4.14. The first-order valence-corrected chi connectivity index (χ1v) is 4.59. The molecule has 0 aromatic carbocycles. The van der Waals surface area contributed by atoms with Crippen molar-refractivity contribution in [2.24, 2.45) is 0 Å². The van der Waals surface area contributed by atoms with Crippen LogP contribution in [0.4, 0.5) is 0 Å². The predicted molar refractivity (Wildman–Crippen MR) is 55.1 cm³/mol. The molecular formula is C10H16N2O3. The predicted octanol–water partition coefficient (Wildman–Crippen LogP) is 0.853. The third-order valence-electron chi connectivity index (χ3n) is 2.02. The number of hydrogen-bond donors (Lipinski definition) is 1. The Morgan fingerprint density at radius 3 is 2.93 bits per heavy atom. The van der Waals surface area contributed by atoms with Crippen LogP contribution in [-0.2, 0) is 22.6 Å². The minimum Gasteiger partial charge on any atom is -0.378 e. The third kappa shape index (κ3) is 2.65. The van der Waals surface area contributed by atoms with Gasteiger partial charge >= 0.3 is 0 Å². The van der Waals surface area contributed by atoms with E-state index in [0.29, 0.717) is 24.5 Å². The minimum absolute atomic E-state index is 0.347. The fourth-order valence-electron chi connectivity index (χ4n) is 1.36. The van der Waals surface area contributed by atoms with E-state index in [4.69, 9.17) is 9.47 Å². The highest BCUT2D eigenvalue weighted by molar-refractivity contribution is 5.14. The van der Waals surface area contributed by atoms with Crippen molar-refractivity contribution in [1.29, 1.82) is 0 Å². The van der Waals surface area contributed by atoms with E-state index in [0.717, 1.165) is 0 Å². The molecule has 0 aliphatic rings. The Hall–Kier alpha value is -1.17. The van der Waals surface area contributed by atoms with Crippen LogP contribution in [0.25, 0.3) is 0 Å². The molecule has 0 saturated heterocycles. The van der Waals surface area contributed by atoms with E-state index in [1.807, 2.05) is 0 Å². The SMILES string of the molecule is C=CCn1cnc(COC)c1C(O)OC. The van der Waals surface area contributed by atoms with Crippen LogP contribution in [0, 0.1) is 0 Å². The van der Waals surface area contributed by atoms with Crippen molar-refractivity contribution in [3.63, 3.8) is 0 Å². The average Bonchev–Trinajstić information content (AvgIpc) is 2.62. The van der Waals surface area contributed by atoms with E-state index < -0.39 is 6.29 Å². The van der Waals surface area contributed by atoms with Crippen molar-refractivity contribution in [3.8, 4) is 0 Å². The molecule has 0 fully saturated rings. The molecule has 1 rings (SSSR count). The first-order chi connectivity index (χ1) is 7.24. The van der Waals surface area contributed by atoms with Crippen LogP contribution in [0.3, 0.4) is 0 Å². The fraction of sp³-hybridized carbons (Fsp3) is 0.500. The number of ether oxygens (including phenoxy) is 2. The second-order valence-corrected chi connectivity index (χ2v) is 3.04. The number of aromatic nitrogens is 2. The molecule has 5 nitrogen and oxygen atoms in total. The molecule has 0 saturated carbocycles. The molecule has 15 heavy (non-hydrogen) atoms. The maximum absolute atomic E-state index is 9.66. The normalized spacial score (nSPS) is 12.7. The molecule has 0 aliphatic heterocycles. The lowest BCUT2D eigenvalue weighted by atomic mass is 10.3. The molecule has 1 N–H and O–H groups in total. The van der Waals surface area contributed by atoms with Gasteiger partial charge in [0.2, 0.25) is 0 Å². The van der Waals surface area contributed by atoms with Gasteiger partial charge in [0.1, 0.15) is 0 Å². The van der Waals surface area contributed by atoms with Gasteiger partial charge in [0, 0.05) is 20.8 Å². The largest absolute Gasteiger partial charge is 0.378 e. The van der Waals surface area contributed by atoms with Crippen LogP contribution in [0.15, 0.2) is 19.0 Å². The smallest absolute Gasteiger partial charge is 0.198 e. The van der Waals surface area contributed by atoms with Gasteiger partial charge in [-0.1, -0.05) is 6.08 Å². The summed E-state index contributed by atoms with van der Waals surface area (Å²) in [6, 6.07) is 0. The Labute approximate surface area is 89.0 Å². The average molecular weight is 212 g/mol. The first-order valence-electron chi connectivity index (χ1n) is 4.59. The van der Waals surface area contributed by atoms with Crippen LogP contribution in [-0.4, -0.2) is 28.9 Å². The number of nitrogens with zero attached hydrogens (tertiary/aromatic N) is 2. The molecular weight excluding hydrogens is 196 g/mol. The van der Waals surface area contributed by atoms with Gasteiger partial charge in [-0.05, 0) is 0 Å². The van der Waals surface area contributed by atoms with Crippen LogP contribution in [0.2, 0.25) is 0 Å². The molecule has 0 radical (unpaired) electrons. The summed E-state index contributed by atoms with van der Waals surface area (Å²) in [7, 11) is 3.02. The van der Waals surface area contributed by atoms with E-state index in [2.05, 4.69) is 11.6 Å². The maximum Gasteiger partial charge on any atom is 0.198 e. The molecule has 1 aromatic rings. The zero-order chi connectivity index (χ0) is 11.3. The fourth-order valence-corrected chi connectivity index (χ4v) is 1.36. The van der Waals surface area contributed by atoms with Crippen molar-refractivity contribution < 1.29 is 14.6 Å². The monoisotopic (exact) mass is 212 g/mol. The molecule has 1 aromatic heterocycles. The standard InChI is InChI=1S/C10H16N2O3/c1-4-5-12-7-11-8(6-14-2)9(12)10(13)15-3/h4,7,10,13H,1,5-6H2,2-3H3. The Bertz CT molecular complexity index is 322. The third-order valence-corrected chi connectivity index (χ3v) is 2.02. The van der Waals surface area contributed by atoms with Gasteiger partial charge in [0.15, 0.2) is 6.29 Å². The van der Waals surface area contributed by atoms with E-state index in [1.54, 1.807) is 24.1 Å². The van der Waals surface area contributed by atoms with Crippen LogP contribution in [0.1, 0.15) is 17.7 Å². The topological polar surface area (TPSA) is 56.5 Å². The zero-order valence-corrected chi connectivity index (χ0v) is 9.01. The number of methoxy groups -OCH3 is 2. The lowest BCUT2D eigenvalue weighted by Gasteiger charge is -2.12. The summed E-state index contributed by atoms with van der Waals surface area (Å²) in [5, 5.41) is 9.66. The molecule has 0 aliphatic carbocycles. The summed E-state index contributed by atoms with van der Waals surface area (Å²) in [5.74, 6) is 0. The van der Waals surface area contributed by atoms with E-state index >= 15 is 0 Å². The molecule has 5 heteroatoms. The number of imidazole rings is 1. The highest BCUT2D eigenvalue weighted by Gasteiger charge is 2.17. The lowest BCUT2D eigenvalue weighted by Crippen LogP contribution is -2.10. The van der Waals surface area contributed by atoms with E-state index in [9.17, 15) is 5.11 Å². The van der Waals surface area contributed by atoms with Gasteiger partial charge < -0.3 is 19.1 Å². The summed E-state index contributed by atoms with van der Waals surface area (Å²) in [6.45, 7) is 4.56. The number of aliphatic hydroxyl groups excluding tert-OH is 1. The minimum atomic E-state index is -0.988. The molecule has 0 amide bonds.